The average molecular weight is 795 g/mol. The highest BCUT2D eigenvalue weighted by Crippen LogP contribution is 2.65. The van der Waals surface area contributed by atoms with Crippen molar-refractivity contribution >= 4 is 66.6 Å². The van der Waals surface area contributed by atoms with Gasteiger partial charge in [-0.15, -0.1) is 0 Å². The van der Waals surface area contributed by atoms with Gasteiger partial charge in [0.2, 0.25) is 0 Å². The van der Waals surface area contributed by atoms with Gasteiger partial charge in [0, 0.05) is 34.4 Å². The summed E-state index contributed by atoms with van der Waals surface area (Å²) in [6.07, 6.45) is 5.24. The normalized spacial score (nSPS) is 13.0. The second-order valence-electron chi connectivity index (χ2n) is 16.2. The largest absolute Gasteiger partial charge is 0.306 e. The van der Waals surface area contributed by atoms with Crippen LogP contribution < -0.4 is 9.80 Å². The summed E-state index contributed by atoms with van der Waals surface area (Å²) in [4.78, 5) is 13.6. The number of halogens is 1. The van der Waals surface area contributed by atoms with Crippen LogP contribution in [0.15, 0.2) is 213 Å². The summed E-state index contributed by atoms with van der Waals surface area (Å²) in [5.74, 6) is 0.432. The molecule has 0 amide bonds. The minimum atomic E-state index is -0.539. The maximum absolute atomic E-state index is 16.7. The van der Waals surface area contributed by atoms with Crippen LogP contribution >= 0.6 is 0 Å². The van der Waals surface area contributed by atoms with Gasteiger partial charge in [-0.2, -0.15) is 0 Å². The zero-order chi connectivity index (χ0) is 40.9. The number of rotatable bonds is 6. The van der Waals surface area contributed by atoms with Crippen molar-refractivity contribution < 1.29 is 4.39 Å². The van der Waals surface area contributed by atoms with E-state index in [2.05, 4.69) is 166 Å². The first-order valence-electron chi connectivity index (χ1n) is 21.0. The second kappa shape index (κ2) is 13.2. The Bertz CT molecular complexity index is 3480. The lowest BCUT2D eigenvalue weighted by atomic mass is 9.70. The number of hydrogen-bond donors (Lipinski definition) is 0. The summed E-state index contributed by atoms with van der Waals surface area (Å²) in [5.41, 5.74) is 13.5. The van der Waals surface area contributed by atoms with Gasteiger partial charge < -0.3 is 4.90 Å². The van der Waals surface area contributed by atoms with Crippen molar-refractivity contribution in [2.75, 3.05) is 9.80 Å². The van der Waals surface area contributed by atoms with Crippen molar-refractivity contribution in [1.29, 1.82) is 0 Å². The van der Waals surface area contributed by atoms with Crippen LogP contribution in [-0.4, -0.2) is 9.97 Å². The molecule has 11 aromatic rings. The van der Waals surface area contributed by atoms with Gasteiger partial charge in [0.1, 0.15) is 5.82 Å². The van der Waals surface area contributed by atoms with Crippen LogP contribution in [0.2, 0.25) is 0 Å². The first-order chi connectivity index (χ1) is 30.7. The van der Waals surface area contributed by atoms with E-state index >= 15 is 4.39 Å². The van der Waals surface area contributed by atoms with Crippen molar-refractivity contribution in [2.45, 2.75) is 5.41 Å². The first-order valence-corrected chi connectivity index (χ1v) is 21.0. The van der Waals surface area contributed by atoms with Crippen molar-refractivity contribution in [3.63, 3.8) is 0 Å². The molecule has 0 aliphatic heterocycles. The first kappa shape index (κ1) is 34.7. The van der Waals surface area contributed by atoms with Crippen molar-refractivity contribution in [2.24, 2.45) is 0 Å². The van der Waals surface area contributed by atoms with Gasteiger partial charge in [0.05, 0.1) is 34.4 Å². The Morgan fingerprint density at radius 1 is 0.403 bits per heavy atom. The van der Waals surface area contributed by atoms with Gasteiger partial charge in [-0.3, -0.25) is 9.88 Å². The lowest BCUT2D eigenvalue weighted by Crippen LogP contribution is -2.26. The minimum Gasteiger partial charge on any atom is -0.306 e. The maximum atomic E-state index is 16.7. The molecule has 0 bridgehead atoms. The van der Waals surface area contributed by atoms with E-state index in [0.29, 0.717) is 5.69 Å². The third-order valence-electron chi connectivity index (χ3n) is 13.2. The molecule has 0 saturated carbocycles. The molecule has 0 N–H and O–H groups in total. The molecule has 0 unspecified atom stereocenters. The smallest absolute Gasteiger partial charge is 0.156 e. The van der Waals surface area contributed by atoms with E-state index in [1.54, 1.807) is 30.7 Å². The topological polar surface area (TPSA) is 32.3 Å². The monoisotopic (exact) mass is 794 g/mol. The van der Waals surface area contributed by atoms with Gasteiger partial charge in [-0.05, 0) is 103 Å². The molecule has 2 aliphatic carbocycles. The van der Waals surface area contributed by atoms with Crippen LogP contribution in [-0.2, 0) is 5.41 Å². The van der Waals surface area contributed by atoms with E-state index in [-0.39, 0.29) is 5.82 Å². The number of benzene rings is 10. The Balaban J connectivity index is 1.10. The molecule has 0 atom stereocenters. The molecule has 4 nitrogen and oxygen atoms in total. The fourth-order valence-electron chi connectivity index (χ4n) is 10.9. The van der Waals surface area contributed by atoms with E-state index in [4.69, 9.17) is 4.98 Å². The summed E-state index contributed by atoms with van der Waals surface area (Å²) < 4.78 is 16.7. The zero-order valence-corrected chi connectivity index (χ0v) is 33.4. The van der Waals surface area contributed by atoms with Crippen LogP contribution in [0.5, 0.6) is 0 Å². The third kappa shape index (κ3) is 4.65. The molecule has 13 rings (SSSR count). The van der Waals surface area contributed by atoms with Crippen LogP contribution in [0.3, 0.4) is 0 Å². The lowest BCUT2D eigenvalue weighted by molar-refractivity contribution is 0.629. The number of para-hydroxylation sites is 2. The Morgan fingerprint density at radius 2 is 0.935 bits per heavy atom. The van der Waals surface area contributed by atoms with Crippen LogP contribution in [0.25, 0.3) is 54.6 Å². The van der Waals surface area contributed by atoms with Gasteiger partial charge in [0.25, 0.3) is 0 Å². The Morgan fingerprint density at radius 3 is 1.58 bits per heavy atom. The number of fused-ring (bicyclic) bond motifs is 10. The van der Waals surface area contributed by atoms with E-state index in [9.17, 15) is 0 Å². The van der Waals surface area contributed by atoms with Crippen molar-refractivity contribution in [1.82, 2.24) is 9.97 Å². The SMILES string of the molecule is Fc1ccccc1N(c1cccc2c1-c1ccccc1C21c2ccccc2-c2ccccc21)c1ccc2ccc3c(N(c4ccccc4)c4cnccn4)ccc4ccc1c2c43. The van der Waals surface area contributed by atoms with Crippen LogP contribution in [0, 0.1) is 5.82 Å². The number of nitrogens with zero attached hydrogens (tertiary/aromatic N) is 4. The Kier molecular flexibility index (Phi) is 7.37. The van der Waals surface area contributed by atoms with Gasteiger partial charge in [-0.1, -0.05) is 152 Å². The van der Waals surface area contributed by atoms with E-state index in [1.165, 1.54) is 33.4 Å². The maximum Gasteiger partial charge on any atom is 0.156 e. The van der Waals surface area contributed by atoms with E-state index < -0.39 is 5.41 Å². The van der Waals surface area contributed by atoms with Gasteiger partial charge in [-0.25, -0.2) is 9.37 Å². The predicted octanol–water partition coefficient (Wildman–Crippen LogP) is 14.8. The average Bonchev–Trinajstić information content (AvgIpc) is 3.81. The Labute approximate surface area is 357 Å². The predicted molar refractivity (Wildman–Crippen MR) is 251 cm³/mol. The summed E-state index contributed by atoms with van der Waals surface area (Å²) in [6, 6.07) is 68.2. The molecule has 10 aromatic carbocycles. The number of anilines is 6. The molecule has 2 aliphatic rings. The van der Waals surface area contributed by atoms with E-state index in [1.807, 2.05) is 30.3 Å². The minimum absolute atomic E-state index is 0.293. The molecule has 1 aromatic heterocycles. The molecule has 1 spiro atoms. The summed E-state index contributed by atoms with van der Waals surface area (Å²) in [7, 11) is 0. The zero-order valence-electron chi connectivity index (χ0n) is 33.4. The highest BCUT2D eigenvalue weighted by molar-refractivity contribution is 6.28. The number of hydrogen-bond acceptors (Lipinski definition) is 4. The fourth-order valence-corrected chi connectivity index (χ4v) is 10.9. The van der Waals surface area contributed by atoms with E-state index in [0.717, 1.165) is 72.0 Å². The van der Waals surface area contributed by atoms with Crippen molar-refractivity contribution in [3.05, 3.63) is 241 Å². The third-order valence-corrected chi connectivity index (χ3v) is 13.2. The van der Waals surface area contributed by atoms with Crippen LogP contribution in [0.1, 0.15) is 22.3 Å². The number of aromatic nitrogens is 2. The fraction of sp³-hybridized carbons (Fsp3) is 0.0175. The molecule has 290 valence electrons. The standard InChI is InChI=1S/C57H35FN4/c58-48-22-10-11-23-51(48)62(52-24-12-21-47-56(52)41-17-6-9-20-46(41)57(47)44-18-7-4-15-39(44)40-16-5-8-19-45(40)57)50-32-28-37-25-29-42-49(31-27-36-26-30-43(50)55(37)54(36)42)61(38-13-2-1-3-14-38)53-35-59-33-34-60-53/h1-35H. The highest BCUT2D eigenvalue weighted by atomic mass is 19.1. The molecule has 62 heavy (non-hydrogen) atoms. The second-order valence-corrected chi connectivity index (χ2v) is 16.2. The summed E-state index contributed by atoms with van der Waals surface area (Å²) in [5, 5.41) is 6.61. The lowest BCUT2D eigenvalue weighted by Gasteiger charge is -2.32. The van der Waals surface area contributed by atoms with Gasteiger partial charge >= 0.3 is 0 Å². The molecular weight excluding hydrogens is 760 g/mol. The quantitative estimate of drug-likeness (QED) is 0.157. The summed E-state index contributed by atoms with van der Waals surface area (Å²) >= 11 is 0. The highest BCUT2D eigenvalue weighted by Gasteiger charge is 2.52. The Hall–Kier alpha value is -8.15. The molecule has 5 heteroatoms. The molecule has 0 radical (unpaired) electrons. The van der Waals surface area contributed by atoms with Gasteiger partial charge in [0.15, 0.2) is 5.82 Å². The van der Waals surface area contributed by atoms with Crippen LogP contribution in [0.4, 0.5) is 38.6 Å². The molecular formula is C57H35FN4. The van der Waals surface area contributed by atoms with Crippen molar-refractivity contribution in [3.8, 4) is 22.3 Å². The molecule has 0 fully saturated rings. The summed E-state index contributed by atoms with van der Waals surface area (Å²) in [6.45, 7) is 0. The molecule has 1 heterocycles. The molecule has 0 saturated heterocycles.